The molecule has 24 heavy (non-hydrogen) atoms. The fraction of sp³-hybridized carbons (Fsp3) is 0.471. The zero-order valence-corrected chi connectivity index (χ0v) is 15.6. The molecule has 0 aliphatic carbocycles. The van der Waals surface area contributed by atoms with Crippen molar-refractivity contribution in [1.29, 1.82) is 0 Å². The van der Waals surface area contributed by atoms with Crippen LogP contribution in [0.25, 0.3) is 11.0 Å². The Morgan fingerprint density at radius 1 is 1.25 bits per heavy atom. The van der Waals surface area contributed by atoms with Crippen LogP contribution in [-0.4, -0.2) is 39.0 Å². The molecule has 0 aliphatic heterocycles. The quantitative estimate of drug-likeness (QED) is 0.637. The molecule has 2 N–H and O–H groups in total. The fourth-order valence-electron chi connectivity index (χ4n) is 2.21. The second-order valence-electron chi connectivity index (χ2n) is 6.46. The Morgan fingerprint density at radius 3 is 2.50 bits per heavy atom. The Morgan fingerprint density at radius 2 is 1.92 bits per heavy atom. The molecule has 0 saturated heterocycles. The molecule has 7 heteroatoms. The summed E-state index contributed by atoms with van der Waals surface area (Å²) in [6.45, 7) is 6.13. The van der Waals surface area contributed by atoms with E-state index in [0.717, 1.165) is 22.3 Å². The Hall–Kier alpha value is -2.02. The second kappa shape index (κ2) is 6.84. The van der Waals surface area contributed by atoms with Crippen molar-refractivity contribution in [2.45, 2.75) is 32.1 Å². The summed E-state index contributed by atoms with van der Waals surface area (Å²) in [4.78, 5) is 4.13. The lowest BCUT2D eigenvalue weighted by molar-refractivity contribution is 0.528. The molecule has 0 fully saturated rings. The summed E-state index contributed by atoms with van der Waals surface area (Å²) in [6.07, 6.45) is 1.24. The number of nitrogens with one attached hydrogen (secondary N) is 2. The molecular weight excluding hydrogens is 326 g/mol. The van der Waals surface area contributed by atoms with Gasteiger partial charge in [-0.2, -0.15) is 0 Å². The van der Waals surface area contributed by atoms with E-state index < -0.39 is 14.6 Å². The van der Waals surface area contributed by atoms with Gasteiger partial charge in [0.25, 0.3) is 0 Å². The summed E-state index contributed by atoms with van der Waals surface area (Å²) in [5, 5.41) is 7.31. The lowest BCUT2D eigenvalue weighted by Gasteiger charge is -2.24. The Labute approximate surface area is 143 Å². The van der Waals surface area contributed by atoms with Gasteiger partial charge in [0.2, 0.25) is 0 Å². The van der Waals surface area contributed by atoms with Crippen LogP contribution in [0.3, 0.4) is 0 Å². The first-order chi connectivity index (χ1) is 11.2. The maximum Gasteiger partial charge on any atom is 0.191 e. The summed E-state index contributed by atoms with van der Waals surface area (Å²) >= 11 is 0. The summed E-state index contributed by atoms with van der Waals surface area (Å²) in [5.41, 5.74) is 1.94. The van der Waals surface area contributed by atoms with Crippen LogP contribution in [0.2, 0.25) is 0 Å². The van der Waals surface area contributed by atoms with Crippen molar-refractivity contribution in [3.05, 3.63) is 35.6 Å². The van der Waals surface area contributed by atoms with Crippen LogP contribution in [0.5, 0.6) is 0 Å². The van der Waals surface area contributed by atoms with E-state index in [9.17, 15) is 8.42 Å². The van der Waals surface area contributed by atoms with Crippen molar-refractivity contribution in [2.75, 3.05) is 19.8 Å². The van der Waals surface area contributed by atoms with E-state index in [1.807, 2.05) is 31.2 Å². The van der Waals surface area contributed by atoms with Gasteiger partial charge in [0, 0.05) is 30.8 Å². The highest BCUT2D eigenvalue weighted by atomic mass is 32.2. The third kappa shape index (κ3) is 3.90. The number of rotatable bonds is 5. The lowest BCUT2D eigenvalue weighted by Crippen LogP contribution is -2.47. The molecule has 1 heterocycles. The minimum Gasteiger partial charge on any atom is -0.459 e. The molecule has 6 nitrogen and oxygen atoms in total. The lowest BCUT2D eigenvalue weighted by atomic mass is 10.1. The van der Waals surface area contributed by atoms with Crippen molar-refractivity contribution in [1.82, 2.24) is 10.6 Å². The van der Waals surface area contributed by atoms with Gasteiger partial charge in [-0.05, 0) is 26.8 Å². The van der Waals surface area contributed by atoms with Gasteiger partial charge in [-0.25, -0.2) is 8.42 Å². The van der Waals surface area contributed by atoms with E-state index in [-0.39, 0.29) is 6.54 Å². The topological polar surface area (TPSA) is 83.7 Å². The smallest absolute Gasteiger partial charge is 0.191 e. The summed E-state index contributed by atoms with van der Waals surface area (Å²) in [7, 11) is -1.51. The predicted molar refractivity (Wildman–Crippen MR) is 98.1 cm³/mol. The third-order valence-electron chi connectivity index (χ3n) is 4.27. The molecule has 0 bridgehead atoms. The molecule has 0 spiro atoms. The number of para-hydroxylation sites is 1. The first-order valence-electron chi connectivity index (χ1n) is 7.77. The number of guanidine groups is 1. The van der Waals surface area contributed by atoms with Crippen LogP contribution in [0.4, 0.5) is 0 Å². The number of hydrogen-bond donors (Lipinski definition) is 2. The van der Waals surface area contributed by atoms with E-state index in [0.29, 0.717) is 12.5 Å². The van der Waals surface area contributed by atoms with Gasteiger partial charge in [0.15, 0.2) is 15.8 Å². The molecule has 0 aliphatic rings. The Balaban J connectivity index is 2.02. The first-order valence-corrected chi connectivity index (χ1v) is 9.66. The monoisotopic (exact) mass is 351 g/mol. The Kier molecular flexibility index (Phi) is 5.22. The molecule has 0 radical (unpaired) electrons. The highest BCUT2D eigenvalue weighted by Crippen LogP contribution is 2.24. The summed E-state index contributed by atoms with van der Waals surface area (Å²) in [5.74, 6) is 1.37. The van der Waals surface area contributed by atoms with Crippen LogP contribution >= 0.6 is 0 Å². The second-order valence-corrected chi connectivity index (χ2v) is 9.11. The van der Waals surface area contributed by atoms with Gasteiger partial charge in [0.1, 0.15) is 11.3 Å². The molecule has 2 aromatic rings. The SMILES string of the molecule is CN=C(NCc1oc2ccccc2c1C)NCC(C)(C)S(C)(=O)=O. The standard InChI is InChI=1S/C17H25N3O3S/c1-12-13-8-6-7-9-14(13)23-15(12)10-19-16(18-4)20-11-17(2,3)24(5,21)22/h6-9H,10-11H2,1-5H3,(H2,18,19,20). The first kappa shape index (κ1) is 18.3. The van der Waals surface area contributed by atoms with Gasteiger partial charge >= 0.3 is 0 Å². The highest BCUT2D eigenvalue weighted by molar-refractivity contribution is 7.92. The van der Waals surface area contributed by atoms with E-state index in [1.165, 1.54) is 6.26 Å². The number of sulfone groups is 1. The summed E-state index contributed by atoms with van der Waals surface area (Å²) in [6, 6.07) is 7.89. The Bertz CT molecular complexity index is 851. The van der Waals surface area contributed by atoms with Gasteiger partial charge in [-0.3, -0.25) is 4.99 Å². The largest absolute Gasteiger partial charge is 0.459 e. The number of aliphatic imine (C=N–C) groups is 1. The molecule has 0 amide bonds. The van der Waals surface area contributed by atoms with Crippen molar-refractivity contribution in [2.24, 2.45) is 4.99 Å². The summed E-state index contributed by atoms with van der Waals surface area (Å²) < 4.78 is 28.5. The number of hydrogen-bond acceptors (Lipinski definition) is 4. The number of nitrogens with zero attached hydrogens (tertiary/aromatic N) is 1. The zero-order valence-electron chi connectivity index (χ0n) is 14.8. The van der Waals surface area contributed by atoms with E-state index in [1.54, 1.807) is 20.9 Å². The maximum absolute atomic E-state index is 11.8. The van der Waals surface area contributed by atoms with Gasteiger partial charge < -0.3 is 15.1 Å². The van der Waals surface area contributed by atoms with E-state index in [4.69, 9.17) is 4.42 Å². The van der Waals surface area contributed by atoms with Crippen LogP contribution in [-0.2, 0) is 16.4 Å². The number of furan rings is 1. The van der Waals surface area contributed by atoms with Crippen molar-refractivity contribution in [3.8, 4) is 0 Å². The number of benzene rings is 1. The number of aryl methyl sites for hydroxylation is 1. The number of fused-ring (bicyclic) bond motifs is 1. The maximum atomic E-state index is 11.8. The van der Waals surface area contributed by atoms with Crippen LogP contribution in [0, 0.1) is 6.92 Å². The van der Waals surface area contributed by atoms with E-state index >= 15 is 0 Å². The minimum absolute atomic E-state index is 0.268. The van der Waals surface area contributed by atoms with Gasteiger partial charge in [-0.1, -0.05) is 18.2 Å². The van der Waals surface area contributed by atoms with Gasteiger partial charge in [0.05, 0.1) is 11.3 Å². The molecule has 0 atom stereocenters. The molecular formula is C17H25N3O3S. The van der Waals surface area contributed by atoms with E-state index in [2.05, 4.69) is 15.6 Å². The molecule has 0 saturated carbocycles. The zero-order chi connectivity index (χ0) is 18.0. The average Bonchev–Trinajstić information content (AvgIpc) is 2.83. The van der Waals surface area contributed by atoms with Crippen LogP contribution in [0.15, 0.2) is 33.7 Å². The predicted octanol–water partition coefficient (Wildman–Crippen LogP) is 2.23. The average molecular weight is 351 g/mol. The molecule has 0 unspecified atom stereocenters. The van der Waals surface area contributed by atoms with Crippen LogP contribution in [0.1, 0.15) is 25.2 Å². The van der Waals surface area contributed by atoms with Crippen LogP contribution < -0.4 is 10.6 Å². The van der Waals surface area contributed by atoms with Crippen molar-refractivity contribution < 1.29 is 12.8 Å². The normalized spacial score (nSPS) is 13.3. The molecule has 1 aromatic carbocycles. The third-order valence-corrected chi connectivity index (χ3v) is 6.42. The van der Waals surface area contributed by atoms with Crippen molar-refractivity contribution >= 4 is 26.8 Å². The molecule has 1 aromatic heterocycles. The fourth-order valence-corrected chi connectivity index (χ4v) is 2.54. The van der Waals surface area contributed by atoms with Gasteiger partial charge in [-0.15, -0.1) is 0 Å². The van der Waals surface area contributed by atoms with Crippen molar-refractivity contribution in [3.63, 3.8) is 0 Å². The minimum atomic E-state index is -3.16. The highest BCUT2D eigenvalue weighted by Gasteiger charge is 2.30. The molecule has 132 valence electrons. The molecule has 2 rings (SSSR count).